The van der Waals surface area contributed by atoms with E-state index in [0.717, 1.165) is 5.01 Å². The largest absolute Gasteiger partial charge is 0.401 e. The van der Waals surface area contributed by atoms with E-state index < -0.39 is 12.7 Å². The van der Waals surface area contributed by atoms with E-state index in [1.54, 1.807) is 6.92 Å². The molecule has 0 aliphatic rings. The maximum absolute atomic E-state index is 12.3. The number of alkyl halides is 3. The highest BCUT2D eigenvalue weighted by atomic mass is 32.1. The molecule has 1 aromatic heterocycles. The van der Waals surface area contributed by atoms with E-state index in [4.69, 9.17) is 0 Å². The summed E-state index contributed by atoms with van der Waals surface area (Å²) in [5.74, 6) is 0. The van der Waals surface area contributed by atoms with Gasteiger partial charge in [0.05, 0.1) is 12.2 Å². The number of hydrogen-bond donors (Lipinski definition) is 1. The van der Waals surface area contributed by atoms with Crippen LogP contribution in [0.3, 0.4) is 0 Å². The van der Waals surface area contributed by atoms with Crippen LogP contribution in [-0.2, 0) is 13.1 Å². The van der Waals surface area contributed by atoms with Gasteiger partial charge in [-0.1, -0.05) is 6.92 Å². The zero-order valence-corrected chi connectivity index (χ0v) is 10.7. The molecule has 98 valence electrons. The lowest BCUT2D eigenvalue weighted by Gasteiger charge is -2.20. The molecule has 0 atom stereocenters. The van der Waals surface area contributed by atoms with Crippen LogP contribution in [0.15, 0.2) is 5.38 Å². The van der Waals surface area contributed by atoms with Gasteiger partial charge in [0.2, 0.25) is 0 Å². The highest BCUT2D eigenvalue weighted by molar-refractivity contribution is 7.09. The fourth-order valence-electron chi connectivity index (χ4n) is 1.42. The van der Waals surface area contributed by atoms with E-state index in [1.807, 2.05) is 12.4 Å². The van der Waals surface area contributed by atoms with Crippen LogP contribution >= 0.6 is 11.3 Å². The number of nitrogens with zero attached hydrogens (tertiary/aromatic N) is 2. The molecule has 7 heteroatoms. The molecule has 0 saturated carbocycles. The molecule has 0 amide bonds. The first-order valence-electron chi connectivity index (χ1n) is 5.31. The van der Waals surface area contributed by atoms with Crippen molar-refractivity contribution in [3.8, 4) is 0 Å². The Morgan fingerprint density at radius 1 is 1.47 bits per heavy atom. The predicted octanol–water partition coefficient (Wildman–Crippen LogP) is 2.25. The number of aromatic nitrogens is 1. The van der Waals surface area contributed by atoms with Gasteiger partial charge in [0.25, 0.3) is 0 Å². The quantitative estimate of drug-likeness (QED) is 0.857. The monoisotopic (exact) mass is 267 g/mol. The first kappa shape index (κ1) is 14.4. The Labute approximate surface area is 103 Å². The number of nitrogens with one attached hydrogen (secondary N) is 1. The standard InChI is InChI=1S/C10H16F3N3S/c1-3-16(7-10(11,12)13)5-8-6-17-9(15-8)4-14-2/h6,14H,3-5,7H2,1-2H3. The third kappa shape index (κ3) is 5.47. The highest BCUT2D eigenvalue weighted by Crippen LogP contribution is 2.18. The molecule has 0 bridgehead atoms. The van der Waals surface area contributed by atoms with Crippen LogP contribution in [-0.4, -0.2) is 36.2 Å². The van der Waals surface area contributed by atoms with Crippen molar-refractivity contribution in [1.29, 1.82) is 0 Å². The Balaban J connectivity index is 2.54. The van der Waals surface area contributed by atoms with Crippen LogP contribution in [0.4, 0.5) is 13.2 Å². The molecule has 1 rings (SSSR count). The Morgan fingerprint density at radius 2 is 2.18 bits per heavy atom. The van der Waals surface area contributed by atoms with Gasteiger partial charge in [-0.25, -0.2) is 4.98 Å². The second-order valence-corrected chi connectivity index (χ2v) is 4.62. The number of halogens is 3. The fraction of sp³-hybridized carbons (Fsp3) is 0.700. The fourth-order valence-corrected chi connectivity index (χ4v) is 2.21. The van der Waals surface area contributed by atoms with E-state index in [2.05, 4.69) is 10.3 Å². The van der Waals surface area contributed by atoms with Crippen LogP contribution in [0.25, 0.3) is 0 Å². The molecule has 1 aromatic rings. The third-order valence-corrected chi connectivity index (χ3v) is 3.06. The smallest absolute Gasteiger partial charge is 0.314 e. The predicted molar refractivity (Wildman–Crippen MR) is 61.9 cm³/mol. The summed E-state index contributed by atoms with van der Waals surface area (Å²) in [7, 11) is 1.81. The molecule has 0 unspecified atom stereocenters. The Kier molecular flexibility index (Phi) is 5.35. The van der Waals surface area contributed by atoms with Crippen molar-refractivity contribution in [1.82, 2.24) is 15.2 Å². The second kappa shape index (κ2) is 6.32. The van der Waals surface area contributed by atoms with Crippen molar-refractivity contribution >= 4 is 11.3 Å². The number of rotatable bonds is 6. The lowest BCUT2D eigenvalue weighted by molar-refractivity contribution is -0.146. The highest BCUT2D eigenvalue weighted by Gasteiger charge is 2.30. The summed E-state index contributed by atoms with van der Waals surface area (Å²) in [5, 5.41) is 5.66. The van der Waals surface area contributed by atoms with Crippen LogP contribution in [0, 0.1) is 0 Å². The molecule has 17 heavy (non-hydrogen) atoms. The summed E-state index contributed by atoms with van der Waals surface area (Å²) in [6.07, 6.45) is -4.15. The van der Waals surface area contributed by atoms with Gasteiger partial charge in [0.1, 0.15) is 5.01 Å². The van der Waals surface area contributed by atoms with Gasteiger partial charge in [-0.3, -0.25) is 4.90 Å². The molecule has 0 spiro atoms. The number of hydrogen-bond acceptors (Lipinski definition) is 4. The van der Waals surface area contributed by atoms with Gasteiger partial charge in [-0.05, 0) is 13.6 Å². The molecular weight excluding hydrogens is 251 g/mol. The van der Waals surface area contributed by atoms with Crippen LogP contribution in [0.5, 0.6) is 0 Å². The molecule has 0 aliphatic carbocycles. The van der Waals surface area contributed by atoms with E-state index >= 15 is 0 Å². The van der Waals surface area contributed by atoms with Crippen molar-refractivity contribution in [2.24, 2.45) is 0 Å². The van der Waals surface area contributed by atoms with Crippen LogP contribution < -0.4 is 5.32 Å². The molecule has 1 N–H and O–H groups in total. The summed E-state index contributed by atoms with van der Waals surface area (Å²) in [4.78, 5) is 5.60. The van der Waals surface area contributed by atoms with Crippen molar-refractivity contribution in [3.05, 3.63) is 16.1 Å². The van der Waals surface area contributed by atoms with Gasteiger partial charge < -0.3 is 5.32 Å². The third-order valence-electron chi connectivity index (χ3n) is 2.16. The van der Waals surface area contributed by atoms with Crippen molar-refractivity contribution < 1.29 is 13.2 Å². The summed E-state index contributed by atoms with van der Waals surface area (Å²) in [5.41, 5.74) is 0.700. The van der Waals surface area contributed by atoms with Crippen molar-refractivity contribution in [2.45, 2.75) is 26.2 Å². The normalized spacial score (nSPS) is 12.4. The first-order valence-corrected chi connectivity index (χ1v) is 6.19. The van der Waals surface area contributed by atoms with Crippen molar-refractivity contribution in [2.75, 3.05) is 20.1 Å². The minimum absolute atomic E-state index is 0.246. The zero-order valence-electron chi connectivity index (χ0n) is 9.84. The lowest BCUT2D eigenvalue weighted by atomic mass is 10.4. The average molecular weight is 267 g/mol. The first-order chi connectivity index (χ1) is 7.94. The van der Waals surface area contributed by atoms with Gasteiger partial charge >= 0.3 is 6.18 Å². The second-order valence-electron chi connectivity index (χ2n) is 3.68. The summed E-state index contributed by atoms with van der Waals surface area (Å²) < 4.78 is 36.8. The minimum atomic E-state index is -4.15. The minimum Gasteiger partial charge on any atom is -0.314 e. The van der Waals surface area contributed by atoms with Gasteiger partial charge in [0, 0.05) is 18.5 Å². The molecular formula is C10H16F3N3S. The summed E-state index contributed by atoms with van der Waals surface area (Å²) >= 11 is 1.46. The van der Waals surface area contributed by atoms with E-state index in [9.17, 15) is 13.2 Å². The molecule has 0 aromatic carbocycles. The maximum atomic E-state index is 12.3. The zero-order chi connectivity index (χ0) is 12.9. The molecule has 0 radical (unpaired) electrons. The van der Waals surface area contributed by atoms with Crippen LogP contribution in [0.1, 0.15) is 17.6 Å². The maximum Gasteiger partial charge on any atom is 0.401 e. The average Bonchev–Trinajstić information content (AvgIpc) is 2.63. The summed E-state index contributed by atoms with van der Waals surface area (Å²) in [6, 6.07) is 0. The Hall–Kier alpha value is -0.660. The molecule has 0 fully saturated rings. The van der Waals surface area contributed by atoms with Crippen LogP contribution in [0.2, 0.25) is 0 Å². The molecule has 1 heterocycles. The van der Waals surface area contributed by atoms with Gasteiger partial charge in [-0.15, -0.1) is 11.3 Å². The number of thiazole rings is 1. The van der Waals surface area contributed by atoms with Gasteiger partial charge in [-0.2, -0.15) is 13.2 Å². The van der Waals surface area contributed by atoms with E-state index in [1.165, 1.54) is 16.2 Å². The van der Waals surface area contributed by atoms with Gasteiger partial charge in [0.15, 0.2) is 0 Å². The summed E-state index contributed by atoms with van der Waals surface area (Å²) in [6.45, 7) is 2.08. The molecule has 0 aliphatic heterocycles. The van der Waals surface area contributed by atoms with E-state index in [0.29, 0.717) is 18.8 Å². The SMILES string of the molecule is CCN(Cc1csc(CNC)n1)CC(F)(F)F. The molecule has 3 nitrogen and oxygen atoms in total. The van der Waals surface area contributed by atoms with E-state index in [-0.39, 0.29) is 6.54 Å². The topological polar surface area (TPSA) is 28.2 Å². The van der Waals surface area contributed by atoms with Crippen molar-refractivity contribution in [3.63, 3.8) is 0 Å². The Bertz CT molecular complexity index is 338. The molecule has 0 saturated heterocycles. The Morgan fingerprint density at radius 3 is 2.71 bits per heavy atom. The lowest BCUT2D eigenvalue weighted by Crippen LogP contribution is -2.33.